The summed E-state index contributed by atoms with van der Waals surface area (Å²) in [6.07, 6.45) is 2.46. The van der Waals surface area contributed by atoms with Crippen LogP contribution < -0.4 is 10.1 Å². The number of amides is 1. The second kappa shape index (κ2) is 9.34. The van der Waals surface area contributed by atoms with Gasteiger partial charge in [-0.2, -0.15) is 5.10 Å². The van der Waals surface area contributed by atoms with Crippen LogP contribution >= 0.6 is 12.2 Å². The maximum Gasteiger partial charge on any atom is 0.240 e. The lowest BCUT2D eigenvalue weighted by molar-refractivity contribution is -0.121. The first-order chi connectivity index (χ1) is 13.5. The summed E-state index contributed by atoms with van der Waals surface area (Å²) in [7, 11) is 1.63. The van der Waals surface area contributed by atoms with Crippen molar-refractivity contribution < 1.29 is 9.53 Å². The van der Waals surface area contributed by atoms with Gasteiger partial charge in [0, 0.05) is 18.2 Å². The summed E-state index contributed by atoms with van der Waals surface area (Å²) < 4.78 is 7.34. The van der Waals surface area contributed by atoms with E-state index in [0.717, 1.165) is 30.3 Å². The highest BCUT2D eigenvalue weighted by atomic mass is 32.1. The van der Waals surface area contributed by atoms with Crippen LogP contribution in [0, 0.1) is 10.7 Å². The molecule has 152 valence electrons. The molecule has 2 aromatic rings. The van der Waals surface area contributed by atoms with Gasteiger partial charge in [0.15, 0.2) is 10.6 Å². The fourth-order valence-electron chi connectivity index (χ4n) is 3.48. The van der Waals surface area contributed by atoms with Gasteiger partial charge in [-0.1, -0.05) is 6.92 Å². The Bertz CT molecular complexity index is 837. The van der Waals surface area contributed by atoms with Crippen molar-refractivity contribution in [1.82, 2.24) is 25.0 Å². The highest BCUT2D eigenvalue weighted by molar-refractivity contribution is 7.71. The van der Waals surface area contributed by atoms with Crippen molar-refractivity contribution in [3.05, 3.63) is 29.0 Å². The van der Waals surface area contributed by atoms with E-state index in [4.69, 9.17) is 17.0 Å². The van der Waals surface area contributed by atoms with Gasteiger partial charge in [0.05, 0.1) is 7.11 Å². The number of piperidine rings is 1. The molecule has 1 aromatic heterocycles. The van der Waals surface area contributed by atoms with Crippen molar-refractivity contribution in [3.8, 4) is 17.1 Å². The fraction of sp³-hybridized carbons (Fsp3) is 0.550. The highest BCUT2D eigenvalue weighted by Gasteiger charge is 2.21. The van der Waals surface area contributed by atoms with Gasteiger partial charge < -0.3 is 10.1 Å². The maximum atomic E-state index is 12.5. The minimum atomic E-state index is -0.0653. The molecule has 28 heavy (non-hydrogen) atoms. The van der Waals surface area contributed by atoms with Crippen LogP contribution in [-0.4, -0.2) is 58.4 Å². The highest BCUT2D eigenvalue weighted by Crippen LogP contribution is 2.21. The molecular formula is C20H29N5O2S. The number of hydrogen-bond donors (Lipinski definition) is 2. The number of hydrogen-bond acceptors (Lipinski definition) is 5. The zero-order valence-corrected chi connectivity index (χ0v) is 17.6. The van der Waals surface area contributed by atoms with E-state index in [1.54, 1.807) is 11.7 Å². The standard InChI is InChI=1S/C20H29N5O2S/c1-14-8-10-24(11-9-14)15(2)12-21-18(26)13-25-19(22-23-20(25)28)16-4-6-17(27-3)7-5-16/h4-7,14-15H,8-13H2,1-3H3,(H,21,26)(H,23,28). The van der Waals surface area contributed by atoms with Gasteiger partial charge in [-0.25, -0.2) is 0 Å². The van der Waals surface area contributed by atoms with Crippen LogP contribution in [0.4, 0.5) is 0 Å². The number of nitrogens with zero attached hydrogens (tertiary/aromatic N) is 3. The quantitative estimate of drug-likeness (QED) is 0.696. The number of H-pyrrole nitrogens is 1. The smallest absolute Gasteiger partial charge is 0.240 e. The number of carbonyl (C=O) groups is 1. The molecule has 1 aliphatic rings. The largest absolute Gasteiger partial charge is 0.497 e. The molecule has 7 nitrogen and oxygen atoms in total. The zero-order chi connectivity index (χ0) is 20.1. The van der Waals surface area contributed by atoms with Crippen LogP contribution in [0.1, 0.15) is 26.7 Å². The van der Waals surface area contributed by atoms with Gasteiger partial charge in [-0.15, -0.1) is 0 Å². The first-order valence-electron chi connectivity index (χ1n) is 9.78. The number of aromatic nitrogens is 3. The topological polar surface area (TPSA) is 75.2 Å². The fourth-order valence-corrected chi connectivity index (χ4v) is 3.68. The number of benzene rings is 1. The Kier molecular flexibility index (Phi) is 6.85. The Morgan fingerprint density at radius 2 is 2.04 bits per heavy atom. The second-order valence-electron chi connectivity index (χ2n) is 7.54. The SMILES string of the molecule is COc1ccc(-c2n[nH]c(=S)n2CC(=O)NCC(C)N2CCC(C)CC2)cc1. The summed E-state index contributed by atoms with van der Waals surface area (Å²) in [5, 5.41) is 10.1. The van der Waals surface area contributed by atoms with Crippen LogP contribution in [-0.2, 0) is 11.3 Å². The minimum Gasteiger partial charge on any atom is -0.497 e. The number of nitrogens with one attached hydrogen (secondary N) is 2. The first-order valence-corrected chi connectivity index (χ1v) is 10.2. The van der Waals surface area contributed by atoms with Crippen LogP contribution in [0.25, 0.3) is 11.4 Å². The molecule has 0 radical (unpaired) electrons. The van der Waals surface area contributed by atoms with Crippen LogP contribution in [0.3, 0.4) is 0 Å². The molecule has 8 heteroatoms. The lowest BCUT2D eigenvalue weighted by atomic mass is 9.98. The van der Waals surface area contributed by atoms with Crippen LogP contribution in [0.2, 0.25) is 0 Å². The van der Waals surface area contributed by atoms with Crippen molar-refractivity contribution in [1.29, 1.82) is 0 Å². The van der Waals surface area contributed by atoms with Gasteiger partial charge in [-0.05, 0) is 75.3 Å². The monoisotopic (exact) mass is 403 g/mol. The molecule has 1 saturated heterocycles. The van der Waals surface area contributed by atoms with Gasteiger partial charge >= 0.3 is 0 Å². The van der Waals surface area contributed by atoms with Gasteiger partial charge in [0.25, 0.3) is 0 Å². The Labute approximate surface area is 171 Å². The number of methoxy groups -OCH3 is 1. The maximum absolute atomic E-state index is 12.5. The van der Waals surface area contributed by atoms with E-state index in [0.29, 0.717) is 23.2 Å². The number of rotatable bonds is 7. The number of likely N-dealkylation sites (tertiary alicyclic amines) is 1. The minimum absolute atomic E-state index is 0.0653. The van der Waals surface area contributed by atoms with Crippen molar-refractivity contribution in [2.45, 2.75) is 39.3 Å². The number of aromatic amines is 1. The summed E-state index contributed by atoms with van der Waals surface area (Å²) in [4.78, 5) is 15.0. The molecule has 0 aliphatic carbocycles. The summed E-state index contributed by atoms with van der Waals surface area (Å²) in [6, 6.07) is 7.85. The van der Waals surface area contributed by atoms with E-state index in [9.17, 15) is 4.79 Å². The summed E-state index contributed by atoms with van der Waals surface area (Å²) in [5.41, 5.74) is 0.872. The summed E-state index contributed by atoms with van der Waals surface area (Å²) >= 11 is 5.32. The lowest BCUT2D eigenvalue weighted by Crippen LogP contribution is -2.46. The third-order valence-corrected chi connectivity index (χ3v) is 5.76. The molecule has 1 fully saturated rings. The zero-order valence-electron chi connectivity index (χ0n) is 16.8. The summed E-state index contributed by atoms with van der Waals surface area (Å²) in [5.74, 6) is 2.14. The molecule has 1 amide bonds. The predicted molar refractivity (Wildman–Crippen MR) is 112 cm³/mol. The molecule has 1 atom stereocenters. The van der Waals surface area contributed by atoms with Crippen LogP contribution in [0.5, 0.6) is 5.75 Å². The average molecular weight is 404 g/mol. The van der Waals surface area contributed by atoms with E-state index in [-0.39, 0.29) is 12.5 Å². The van der Waals surface area contributed by atoms with Crippen molar-refractivity contribution in [3.63, 3.8) is 0 Å². The Hall–Kier alpha value is -2.19. The molecule has 3 rings (SSSR count). The van der Waals surface area contributed by atoms with Crippen molar-refractivity contribution in [2.24, 2.45) is 5.92 Å². The van der Waals surface area contributed by atoms with E-state index in [2.05, 4.69) is 34.3 Å². The van der Waals surface area contributed by atoms with E-state index in [1.165, 1.54) is 12.8 Å². The van der Waals surface area contributed by atoms with Crippen molar-refractivity contribution in [2.75, 3.05) is 26.7 Å². The van der Waals surface area contributed by atoms with Gasteiger partial charge in [0.1, 0.15) is 12.3 Å². The molecule has 1 unspecified atom stereocenters. The molecule has 0 spiro atoms. The van der Waals surface area contributed by atoms with Crippen molar-refractivity contribution >= 4 is 18.1 Å². The van der Waals surface area contributed by atoms with Gasteiger partial charge in [-0.3, -0.25) is 19.4 Å². The second-order valence-corrected chi connectivity index (χ2v) is 7.93. The molecule has 2 heterocycles. The normalized spacial score (nSPS) is 16.7. The third-order valence-electron chi connectivity index (χ3n) is 5.44. The lowest BCUT2D eigenvalue weighted by Gasteiger charge is -2.35. The van der Waals surface area contributed by atoms with E-state index in [1.807, 2.05) is 24.3 Å². The van der Waals surface area contributed by atoms with Crippen LogP contribution in [0.15, 0.2) is 24.3 Å². The van der Waals surface area contributed by atoms with Gasteiger partial charge in [0.2, 0.25) is 5.91 Å². The Balaban J connectivity index is 1.59. The Morgan fingerprint density at radius 1 is 1.36 bits per heavy atom. The molecular weight excluding hydrogens is 374 g/mol. The molecule has 0 saturated carbocycles. The van der Waals surface area contributed by atoms with E-state index < -0.39 is 0 Å². The molecule has 1 aromatic carbocycles. The first kappa shape index (κ1) is 20.5. The Morgan fingerprint density at radius 3 is 2.68 bits per heavy atom. The molecule has 2 N–H and O–H groups in total. The number of carbonyl (C=O) groups excluding carboxylic acids is 1. The molecule has 0 bridgehead atoms. The van der Waals surface area contributed by atoms with E-state index >= 15 is 0 Å². The average Bonchev–Trinajstić information content (AvgIpc) is 3.07. The third kappa shape index (κ3) is 4.99. The number of ether oxygens (including phenoxy) is 1. The summed E-state index contributed by atoms with van der Waals surface area (Å²) in [6.45, 7) is 7.46. The molecule has 1 aliphatic heterocycles. The predicted octanol–water partition coefficient (Wildman–Crippen LogP) is 2.85.